The molecular weight excluding hydrogens is 396 g/mol. The molecule has 0 bridgehead atoms. The molecule has 0 aliphatic heterocycles. The molecule has 0 aliphatic rings. The normalized spacial score (nSPS) is 11.3. The Balaban J connectivity index is 2.50. The molecule has 0 atom stereocenters. The number of phenols is 2. The monoisotopic (exact) mass is 428 g/mol. The van der Waals surface area contributed by atoms with Crippen LogP contribution in [0, 0.1) is 0 Å². The van der Waals surface area contributed by atoms with Crippen LogP contribution in [0.15, 0.2) is 30.3 Å². The summed E-state index contributed by atoms with van der Waals surface area (Å²) >= 11 is 0. The molecule has 0 aromatic heterocycles. The predicted octanol–water partition coefficient (Wildman–Crippen LogP) is 5.59. The third kappa shape index (κ3) is 5.78. The van der Waals surface area contributed by atoms with Gasteiger partial charge in [-0.15, -0.1) is 0 Å². The van der Waals surface area contributed by atoms with Crippen molar-refractivity contribution in [1.29, 1.82) is 0 Å². The van der Waals surface area contributed by atoms with Crippen LogP contribution in [0.2, 0.25) is 0 Å². The van der Waals surface area contributed by atoms with Gasteiger partial charge >= 0.3 is 11.9 Å². The predicted molar refractivity (Wildman–Crippen MR) is 120 cm³/mol. The van der Waals surface area contributed by atoms with Crippen molar-refractivity contribution in [2.45, 2.75) is 58.3 Å². The molecule has 2 rings (SSSR count). The van der Waals surface area contributed by atoms with Crippen LogP contribution in [0.3, 0.4) is 0 Å². The molecule has 0 amide bonds. The molecule has 2 aromatic carbocycles. The molecule has 6 heteroatoms. The maximum atomic E-state index is 12.1. The van der Waals surface area contributed by atoms with Gasteiger partial charge in [0.25, 0.3) is 0 Å². The number of carbonyl (C=O) groups is 2. The van der Waals surface area contributed by atoms with Gasteiger partial charge in [0.15, 0.2) is 0 Å². The number of methoxy groups -OCH3 is 2. The van der Waals surface area contributed by atoms with Crippen molar-refractivity contribution < 1.29 is 29.3 Å². The highest BCUT2D eigenvalue weighted by molar-refractivity contribution is 5.98. The fourth-order valence-electron chi connectivity index (χ4n) is 3.68. The van der Waals surface area contributed by atoms with Crippen LogP contribution >= 0.6 is 0 Å². The van der Waals surface area contributed by atoms with Crippen molar-refractivity contribution in [3.8, 4) is 22.6 Å². The molecule has 0 unspecified atom stereocenters. The molecule has 0 saturated heterocycles. The van der Waals surface area contributed by atoms with E-state index in [1.807, 2.05) is 0 Å². The molecule has 0 spiro atoms. The summed E-state index contributed by atoms with van der Waals surface area (Å²) in [7, 11) is 2.47. The second-order valence-corrected chi connectivity index (χ2v) is 8.37. The van der Waals surface area contributed by atoms with Gasteiger partial charge in [-0.2, -0.15) is 0 Å². The van der Waals surface area contributed by atoms with Gasteiger partial charge in [0.2, 0.25) is 0 Å². The Morgan fingerprint density at radius 1 is 0.839 bits per heavy atom. The summed E-state index contributed by atoms with van der Waals surface area (Å²) in [4.78, 5) is 24.1. The van der Waals surface area contributed by atoms with Crippen LogP contribution in [0.5, 0.6) is 11.5 Å². The van der Waals surface area contributed by atoms with E-state index in [1.54, 1.807) is 12.1 Å². The summed E-state index contributed by atoms with van der Waals surface area (Å²) < 4.78 is 9.52. The van der Waals surface area contributed by atoms with Gasteiger partial charge < -0.3 is 19.7 Å². The smallest absolute Gasteiger partial charge is 0.337 e. The number of hydrogen-bond acceptors (Lipinski definition) is 6. The van der Waals surface area contributed by atoms with E-state index >= 15 is 0 Å². The Kier molecular flexibility index (Phi) is 8.08. The number of benzene rings is 2. The fourth-order valence-corrected chi connectivity index (χ4v) is 3.68. The molecule has 6 nitrogen and oxygen atoms in total. The zero-order valence-electron chi connectivity index (χ0n) is 18.9. The average molecular weight is 429 g/mol. The molecule has 2 N–H and O–H groups in total. The minimum absolute atomic E-state index is 0.111. The van der Waals surface area contributed by atoms with Crippen LogP contribution in [0.1, 0.15) is 79.2 Å². The second-order valence-electron chi connectivity index (χ2n) is 8.37. The summed E-state index contributed by atoms with van der Waals surface area (Å²) in [5.74, 6) is -1.55. The zero-order chi connectivity index (χ0) is 23.2. The standard InChI is InChI=1S/C25H32O6/c1-6-7-8-9-10-25(2,3)19-14-20(26)22(21(27)15-19)16-11-17(23(28)30-4)13-18(12-16)24(29)31-5/h11-15,26-27H,6-10H2,1-5H3. The second kappa shape index (κ2) is 10.3. The topological polar surface area (TPSA) is 93.1 Å². The van der Waals surface area contributed by atoms with Crippen molar-refractivity contribution in [3.05, 3.63) is 47.0 Å². The van der Waals surface area contributed by atoms with E-state index in [-0.39, 0.29) is 33.6 Å². The number of esters is 2. The number of carbonyl (C=O) groups excluding carboxylic acids is 2. The minimum atomic E-state index is -0.643. The van der Waals surface area contributed by atoms with Gasteiger partial charge in [0.1, 0.15) is 11.5 Å². The highest BCUT2D eigenvalue weighted by Crippen LogP contribution is 2.43. The zero-order valence-corrected chi connectivity index (χ0v) is 18.9. The molecule has 0 aliphatic carbocycles. The molecule has 2 aromatic rings. The Morgan fingerprint density at radius 2 is 1.35 bits per heavy atom. The van der Waals surface area contributed by atoms with Crippen molar-refractivity contribution in [2.75, 3.05) is 14.2 Å². The number of rotatable bonds is 9. The molecular formula is C25H32O6. The molecule has 0 radical (unpaired) electrons. The summed E-state index contributed by atoms with van der Waals surface area (Å²) in [6, 6.07) is 7.54. The Hall–Kier alpha value is -3.02. The maximum absolute atomic E-state index is 12.1. The van der Waals surface area contributed by atoms with Crippen LogP contribution in [0.25, 0.3) is 11.1 Å². The summed E-state index contributed by atoms with van der Waals surface area (Å²) in [5.41, 5.74) is 1.26. The highest BCUT2D eigenvalue weighted by Gasteiger charge is 2.25. The Labute approximate surface area is 183 Å². The average Bonchev–Trinajstić information content (AvgIpc) is 2.74. The number of unbranched alkanes of at least 4 members (excludes halogenated alkanes) is 3. The van der Waals surface area contributed by atoms with Crippen LogP contribution in [0.4, 0.5) is 0 Å². The lowest BCUT2D eigenvalue weighted by Crippen LogP contribution is -2.17. The van der Waals surface area contributed by atoms with E-state index in [0.29, 0.717) is 5.56 Å². The molecule has 0 saturated carbocycles. The lowest BCUT2D eigenvalue weighted by Gasteiger charge is -2.26. The third-order valence-corrected chi connectivity index (χ3v) is 5.60. The van der Waals surface area contributed by atoms with Gasteiger partial charge in [-0.05, 0) is 53.3 Å². The molecule has 168 valence electrons. The Bertz CT molecular complexity index is 888. The lowest BCUT2D eigenvalue weighted by atomic mass is 9.79. The summed E-state index contributed by atoms with van der Waals surface area (Å²) in [6.45, 7) is 6.33. The van der Waals surface area contributed by atoms with Crippen molar-refractivity contribution in [3.63, 3.8) is 0 Å². The van der Waals surface area contributed by atoms with Gasteiger partial charge in [-0.25, -0.2) is 9.59 Å². The van der Waals surface area contributed by atoms with Crippen LogP contribution < -0.4 is 0 Å². The number of hydrogen-bond donors (Lipinski definition) is 2. The van der Waals surface area contributed by atoms with E-state index < -0.39 is 11.9 Å². The first-order chi connectivity index (χ1) is 14.6. The highest BCUT2D eigenvalue weighted by atomic mass is 16.5. The first kappa shape index (κ1) is 24.3. The maximum Gasteiger partial charge on any atom is 0.337 e. The van der Waals surface area contributed by atoms with Gasteiger partial charge in [0, 0.05) is 0 Å². The number of ether oxygens (including phenoxy) is 2. The van der Waals surface area contributed by atoms with Gasteiger partial charge in [0.05, 0.1) is 30.9 Å². The lowest BCUT2D eigenvalue weighted by molar-refractivity contribution is 0.0599. The number of aromatic hydroxyl groups is 2. The first-order valence-corrected chi connectivity index (χ1v) is 10.5. The van der Waals surface area contributed by atoms with Crippen molar-refractivity contribution in [2.24, 2.45) is 0 Å². The van der Waals surface area contributed by atoms with Gasteiger partial charge in [-0.3, -0.25) is 0 Å². The minimum Gasteiger partial charge on any atom is -0.507 e. The third-order valence-electron chi connectivity index (χ3n) is 5.60. The molecule has 0 heterocycles. The number of phenolic OH excluding ortho intramolecular Hbond substituents is 2. The van der Waals surface area contributed by atoms with E-state index in [4.69, 9.17) is 9.47 Å². The summed E-state index contributed by atoms with van der Waals surface area (Å²) in [5, 5.41) is 21.6. The summed E-state index contributed by atoms with van der Waals surface area (Å²) in [6.07, 6.45) is 5.48. The van der Waals surface area contributed by atoms with Crippen LogP contribution in [-0.2, 0) is 14.9 Å². The Morgan fingerprint density at radius 3 is 1.81 bits per heavy atom. The van der Waals surface area contributed by atoms with Crippen LogP contribution in [-0.4, -0.2) is 36.4 Å². The SMILES string of the molecule is CCCCCCC(C)(C)c1cc(O)c(-c2cc(C(=O)OC)cc(C(=O)OC)c2)c(O)c1. The molecule has 0 fully saturated rings. The van der Waals surface area contributed by atoms with E-state index in [1.165, 1.54) is 38.8 Å². The van der Waals surface area contributed by atoms with E-state index in [9.17, 15) is 19.8 Å². The van der Waals surface area contributed by atoms with E-state index in [0.717, 1.165) is 31.2 Å². The van der Waals surface area contributed by atoms with Gasteiger partial charge in [-0.1, -0.05) is 46.5 Å². The molecule has 31 heavy (non-hydrogen) atoms. The van der Waals surface area contributed by atoms with Crippen molar-refractivity contribution in [1.82, 2.24) is 0 Å². The van der Waals surface area contributed by atoms with E-state index in [2.05, 4.69) is 20.8 Å². The fraction of sp³-hybridized carbons (Fsp3) is 0.440. The van der Waals surface area contributed by atoms with Crippen molar-refractivity contribution >= 4 is 11.9 Å². The largest absolute Gasteiger partial charge is 0.507 e. The quantitative estimate of drug-likeness (QED) is 0.400. The first-order valence-electron chi connectivity index (χ1n) is 10.5.